The molecular weight excluding hydrogens is 258 g/mol. The molecule has 0 saturated carbocycles. The van der Waals surface area contributed by atoms with E-state index >= 15 is 0 Å². The van der Waals surface area contributed by atoms with Crippen LogP contribution < -0.4 is 5.32 Å². The van der Waals surface area contributed by atoms with Crippen molar-refractivity contribution in [1.82, 2.24) is 0 Å². The van der Waals surface area contributed by atoms with Gasteiger partial charge >= 0.3 is 0 Å². The number of benzene rings is 2. The first kappa shape index (κ1) is 12.5. The van der Waals surface area contributed by atoms with Gasteiger partial charge in [-0.3, -0.25) is 0 Å². The number of aliphatic hydroxyl groups is 1. The van der Waals surface area contributed by atoms with E-state index in [1.807, 2.05) is 36.4 Å². The van der Waals surface area contributed by atoms with Gasteiger partial charge in [0.05, 0.1) is 6.10 Å². The van der Waals surface area contributed by atoms with Crippen LogP contribution in [0.2, 0.25) is 5.02 Å². The van der Waals surface area contributed by atoms with Crippen molar-refractivity contribution in [2.75, 3.05) is 11.9 Å². The fourth-order valence-corrected chi connectivity index (χ4v) is 2.85. The van der Waals surface area contributed by atoms with Crippen LogP contribution in [0.3, 0.4) is 0 Å². The van der Waals surface area contributed by atoms with Gasteiger partial charge in [0, 0.05) is 29.2 Å². The zero-order valence-corrected chi connectivity index (χ0v) is 11.3. The van der Waals surface area contributed by atoms with Gasteiger partial charge < -0.3 is 10.4 Å². The van der Waals surface area contributed by atoms with Gasteiger partial charge in [0.2, 0.25) is 0 Å². The van der Waals surface area contributed by atoms with Crippen molar-refractivity contribution in [3.63, 3.8) is 0 Å². The Balaban J connectivity index is 1.85. The van der Waals surface area contributed by atoms with E-state index in [2.05, 4.69) is 11.4 Å². The molecule has 98 valence electrons. The molecule has 2 aromatic carbocycles. The standard InChI is InChI=1S/C16H16ClNO/c17-13-5-1-3-11(9-13)10-15(19)14-6-2-4-12-7-8-18-16(12)14/h1-6,9,15,18-19H,7-8,10H2. The third-order valence-electron chi connectivity index (χ3n) is 3.56. The minimum Gasteiger partial charge on any atom is -0.388 e. The number of hydrogen-bond acceptors (Lipinski definition) is 2. The first-order valence-corrected chi connectivity index (χ1v) is 6.90. The van der Waals surface area contributed by atoms with Crippen LogP contribution in [0.25, 0.3) is 0 Å². The van der Waals surface area contributed by atoms with Gasteiger partial charge in [0.15, 0.2) is 0 Å². The second-order valence-corrected chi connectivity index (χ2v) is 5.34. The summed E-state index contributed by atoms with van der Waals surface area (Å²) in [5.41, 5.74) is 4.44. The second kappa shape index (κ2) is 5.24. The minimum absolute atomic E-state index is 0.501. The summed E-state index contributed by atoms with van der Waals surface area (Å²) in [4.78, 5) is 0. The highest BCUT2D eigenvalue weighted by molar-refractivity contribution is 6.30. The molecule has 3 rings (SSSR count). The van der Waals surface area contributed by atoms with Crippen molar-refractivity contribution in [3.8, 4) is 0 Å². The van der Waals surface area contributed by atoms with Crippen LogP contribution in [0.5, 0.6) is 0 Å². The van der Waals surface area contributed by atoms with Crippen LogP contribution in [0.4, 0.5) is 5.69 Å². The predicted molar refractivity (Wildman–Crippen MR) is 78.8 cm³/mol. The van der Waals surface area contributed by atoms with E-state index in [9.17, 15) is 5.11 Å². The lowest BCUT2D eigenvalue weighted by molar-refractivity contribution is 0.179. The maximum atomic E-state index is 10.4. The van der Waals surface area contributed by atoms with Gasteiger partial charge in [0.1, 0.15) is 0 Å². The molecule has 0 saturated heterocycles. The molecular formula is C16H16ClNO. The summed E-state index contributed by atoms with van der Waals surface area (Å²) >= 11 is 5.97. The lowest BCUT2D eigenvalue weighted by Crippen LogP contribution is -2.05. The van der Waals surface area contributed by atoms with Gasteiger partial charge in [-0.2, -0.15) is 0 Å². The third-order valence-corrected chi connectivity index (χ3v) is 3.79. The van der Waals surface area contributed by atoms with Crippen LogP contribution in [0.1, 0.15) is 22.8 Å². The number of rotatable bonds is 3. The van der Waals surface area contributed by atoms with Gasteiger partial charge in [-0.15, -0.1) is 0 Å². The molecule has 19 heavy (non-hydrogen) atoms. The molecule has 1 heterocycles. The number of nitrogens with one attached hydrogen (secondary N) is 1. The summed E-state index contributed by atoms with van der Waals surface area (Å²) in [7, 11) is 0. The molecule has 1 aliphatic rings. The van der Waals surface area contributed by atoms with Crippen molar-refractivity contribution in [2.45, 2.75) is 18.9 Å². The average Bonchev–Trinajstić information content (AvgIpc) is 2.86. The lowest BCUT2D eigenvalue weighted by Gasteiger charge is -2.15. The maximum Gasteiger partial charge on any atom is 0.0850 e. The SMILES string of the molecule is OC(Cc1cccc(Cl)c1)c1cccc2c1NCC2. The van der Waals surface area contributed by atoms with Gasteiger partial charge in [-0.1, -0.05) is 41.9 Å². The Morgan fingerprint density at radius 2 is 2.05 bits per heavy atom. The van der Waals surface area contributed by atoms with Crippen molar-refractivity contribution >= 4 is 17.3 Å². The highest BCUT2D eigenvalue weighted by atomic mass is 35.5. The highest BCUT2D eigenvalue weighted by Crippen LogP contribution is 2.32. The molecule has 3 heteroatoms. The van der Waals surface area contributed by atoms with Crippen LogP contribution in [0.15, 0.2) is 42.5 Å². The molecule has 1 aliphatic heterocycles. The van der Waals surface area contributed by atoms with E-state index in [1.54, 1.807) is 0 Å². The number of aliphatic hydroxyl groups excluding tert-OH is 1. The number of halogens is 1. The number of para-hydroxylation sites is 1. The van der Waals surface area contributed by atoms with E-state index in [4.69, 9.17) is 11.6 Å². The first-order chi connectivity index (χ1) is 9.24. The zero-order chi connectivity index (χ0) is 13.2. The fourth-order valence-electron chi connectivity index (χ4n) is 2.64. The van der Waals surface area contributed by atoms with Gasteiger partial charge in [-0.05, 0) is 29.7 Å². The van der Waals surface area contributed by atoms with Gasteiger partial charge in [-0.25, -0.2) is 0 Å². The summed E-state index contributed by atoms with van der Waals surface area (Å²) in [6.07, 6.45) is 1.12. The van der Waals surface area contributed by atoms with Crippen LogP contribution in [-0.2, 0) is 12.8 Å². The smallest absolute Gasteiger partial charge is 0.0850 e. The van der Waals surface area contributed by atoms with Crippen molar-refractivity contribution in [3.05, 3.63) is 64.2 Å². The lowest BCUT2D eigenvalue weighted by atomic mass is 9.98. The molecule has 0 bridgehead atoms. The highest BCUT2D eigenvalue weighted by Gasteiger charge is 2.19. The van der Waals surface area contributed by atoms with E-state index in [-0.39, 0.29) is 0 Å². The van der Waals surface area contributed by atoms with Gasteiger partial charge in [0.25, 0.3) is 0 Å². The summed E-state index contributed by atoms with van der Waals surface area (Å²) < 4.78 is 0. The minimum atomic E-state index is -0.501. The van der Waals surface area contributed by atoms with Crippen molar-refractivity contribution in [1.29, 1.82) is 0 Å². The number of fused-ring (bicyclic) bond motifs is 1. The van der Waals surface area contributed by atoms with Crippen LogP contribution >= 0.6 is 11.6 Å². The molecule has 0 aliphatic carbocycles. The first-order valence-electron chi connectivity index (χ1n) is 6.52. The summed E-state index contributed by atoms with van der Waals surface area (Å²) in [6.45, 7) is 0.955. The van der Waals surface area contributed by atoms with Crippen LogP contribution in [-0.4, -0.2) is 11.7 Å². The molecule has 1 atom stereocenters. The Labute approximate surface area is 118 Å². The fraction of sp³-hybridized carbons (Fsp3) is 0.250. The largest absolute Gasteiger partial charge is 0.388 e. The number of hydrogen-bond donors (Lipinski definition) is 2. The Morgan fingerprint density at radius 1 is 1.21 bits per heavy atom. The Morgan fingerprint density at radius 3 is 2.89 bits per heavy atom. The molecule has 2 aromatic rings. The van der Waals surface area contributed by atoms with E-state index in [0.29, 0.717) is 11.4 Å². The molecule has 1 unspecified atom stereocenters. The molecule has 0 aromatic heterocycles. The predicted octanol–water partition coefficient (Wildman–Crippen LogP) is 3.58. The van der Waals surface area contributed by atoms with E-state index in [0.717, 1.165) is 29.8 Å². The summed E-state index contributed by atoms with van der Waals surface area (Å²) in [5.74, 6) is 0. The average molecular weight is 274 g/mol. The Kier molecular flexibility index (Phi) is 3.45. The molecule has 0 amide bonds. The van der Waals surface area contributed by atoms with E-state index < -0.39 is 6.10 Å². The third kappa shape index (κ3) is 2.60. The monoisotopic (exact) mass is 273 g/mol. The molecule has 0 fully saturated rings. The van der Waals surface area contributed by atoms with Crippen molar-refractivity contribution < 1.29 is 5.11 Å². The molecule has 0 spiro atoms. The maximum absolute atomic E-state index is 10.4. The van der Waals surface area contributed by atoms with Crippen LogP contribution in [0, 0.1) is 0 Å². The van der Waals surface area contributed by atoms with E-state index in [1.165, 1.54) is 5.56 Å². The number of anilines is 1. The topological polar surface area (TPSA) is 32.3 Å². The normalized spacial score (nSPS) is 14.8. The summed E-state index contributed by atoms with van der Waals surface area (Å²) in [6, 6.07) is 13.8. The quantitative estimate of drug-likeness (QED) is 0.896. The Bertz CT molecular complexity index is 597. The zero-order valence-electron chi connectivity index (χ0n) is 10.6. The second-order valence-electron chi connectivity index (χ2n) is 4.91. The summed E-state index contributed by atoms with van der Waals surface area (Å²) in [5, 5.41) is 14.5. The van der Waals surface area contributed by atoms with Crippen molar-refractivity contribution in [2.24, 2.45) is 0 Å². The molecule has 2 N–H and O–H groups in total. The molecule has 2 nitrogen and oxygen atoms in total. The molecule has 0 radical (unpaired) electrons. The Hall–Kier alpha value is -1.51.